The van der Waals surface area contributed by atoms with Gasteiger partial charge in [0.2, 0.25) is 6.79 Å². The van der Waals surface area contributed by atoms with E-state index in [4.69, 9.17) is 9.47 Å². The number of fused-ring (bicyclic) bond motifs is 2. The predicted octanol–water partition coefficient (Wildman–Crippen LogP) is 3.40. The highest BCUT2D eigenvalue weighted by molar-refractivity contribution is 9.10. The van der Waals surface area contributed by atoms with E-state index in [1.807, 2.05) is 12.1 Å². The molecule has 2 aliphatic heterocycles. The van der Waals surface area contributed by atoms with Crippen LogP contribution in [0, 0.1) is 0 Å². The molecule has 4 rings (SSSR count). The summed E-state index contributed by atoms with van der Waals surface area (Å²) in [6.07, 6.45) is 1.35. The standard InChI is InChI=1S/C17H10BrNO4/c18-10-2-3-13-11(6-10)12(17(21)19-13)7-14(20)9-1-4-15-16(5-9)23-8-22-15/h1-7H,8H2,(H,19,21)/b12-7+. The van der Waals surface area contributed by atoms with Crippen molar-refractivity contribution < 1.29 is 19.1 Å². The third-order valence-electron chi connectivity index (χ3n) is 3.70. The molecule has 2 aliphatic rings. The molecule has 2 aromatic rings. The monoisotopic (exact) mass is 371 g/mol. The molecule has 0 atom stereocenters. The maximum Gasteiger partial charge on any atom is 0.256 e. The summed E-state index contributed by atoms with van der Waals surface area (Å²) < 4.78 is 11.3. The van der Waals surface area contributed by atoms with E-state index < -0.39 is 0 Å². The molecule has 1 amide bonds. The average molecular weight is 372 g/mol. The van der Waals surface area contributed by atoms with Crippen molar-refractivity contribution >= 4 is 38.9 Å². The van der Waals surface area contributed by atoms with Crippen molar-refractivity contribution in [2.24, 2.45) is 0 Å². The van der Waals surface area contributed by atoms with Crippen molar-refractivity contribution in [3.8, 4) is 11.5 Å². The number of carbonyl (C=O) groups excluding carboxylic acids is 2. The van der Waals surface area contributed by atoms with Gasteiger partial charge < -0.3 is 14.8 Å². The Bertz CT molecular complexity index is 888. The van der Waals surface area contributed by atoms with Gasteiger partial charge in [-0.15, -0.1) is 0 Å². The van der Waals surface area contributed by atoms with E-state index in [0.717, 1.165) is 4.47 Å². The number of hydrogen-bond donors (Lipinski definition) is 1. The first kappa shape index (κ1) is 14.0. The van der Waals surface area contributed by atoms with Gasteiger partial charge in [-0.25, -0.2) is 0 Å². The Kier molecular flexibility index (Phi) is 3.20. The van der Waals surface area contributed by atoms with Gasteiger partial charge in [-0.05, 0) is 42.5 Å². The van der Waals surface area contributed by atoms with Gasteiger partial charge in [0.15, 0.2) is 17.3 Å². The van der Waals surface area contributed by atoms with Gasteiger partial charge in [0, 0.05) is 21.3 Å². The van der Waals surface area contributed by atoms with Crippen molar-refractivity contribution in [2.75, 3.05) is 12.1 Å². The van der Waals surface area contributed by atoms with Crippen LogP contribution in [0.5, 0.6) is 11.5 Å². The molecule has 6 heteroatoms. The van der Waals surface area contributed by atoms with Crippen LogP contribution >= 0.6 is 15.9 Å². The molecular weight excluding hydrogens is 362 g/mol. The maximum absolute atomic E-state index is 12.5. The van der Waals surface area contributed by atoms with Crippen LogP contribution in [0.2, 0.25) is 0 Å². The number of carbonyl (C=O) groups is 2. The fourth-order valence-electron chi connectivity index (χ4n) is 2.57. The number of ketones is 1. The van der Waals surface area contributed by atoms with Gasteiger partial charge in [-0.2, -0.15) is 0 Å². The Balaban J connectivity index is 1.72. The Hall–Kier alpha value is -2.60. The molecule has 23 heavy (non-hydrogen) atoms. The number of rotatable bonds is 2. The first-order valence-electron chi connectivity index (χ1n) is 6.89. The Morgan fingerprint density at radius 1 is 1.13 bits per heavy atom. The summed E-state index contributed by atoms with van der Waals surface area (Å²) in [5.74, 6) is 0.601. The minimum atomic E-state index is -0.285. The number of halogens is 1. The summed E-state index contributed by atoms with van der Waals surface area (Å²) in [6.45, 7) is 0.151. The zero-order valence-electron chi connectivity index (χ0n) is 11.8. The van der Waals surface area contributed by atoms with Crippen LogP contribution < -0.4 is 14.8 Å². The van der Waals surface area contributed by atoms with Crippen LogP contribution in [0.25, 0.3) is 5.57 Å². The molecule has 5 nitrogen and oxygen atoms in total. The molecule has 0 bridgehead atoms. The van der Waals surface area contributed by atoms with E-state index in [-0.39, 0.29) is 18.5 Å². The lowest BCUT2D eigenvalue weighted by molar-refractivity contribution is -0.110. The average Bonchev–Trinajstić information content (AvgIpc) is 3.12. The quantitative estimate of drug-likeness (QED) is 0.648. The molecule has 0 aliphatic carbocycles. The third kappa shape index (κ3) is 2.41. The normalized spacial score (nSPS) is 16.4. The van der Waals surface area contributed by atoms with E-state index in [9.17, 15) is 9.59 Å². The lowest BCUT2D eigenvalue weighted by Gasteiger charge is -2.01. The van der Waals surface area contributed by atoms with Crippen LogP contribution in [-0.2, 0) is 4.79 Å². The molecule has 2 aromatic carbocycles. The van der Waals surface area contributed by atoms with Crippen LogP contribution in [0.4, 0.5) is 5.69 Å². The molecule has 0 saturated carbocycles. The van der Waals surface area contributed by atoms with Crippen molar-refractivity contribution in [3.05, 3.63) is 58.1 Å². The topological polar surface area (TPSA) is 64.6 Å². The molecule has 114 valence electrons. The molecule has 0 spiro atoms. The van der Waals surface area contributed by atoms with E-state index in [2.05, 4.69) is 21.2 Å². The molecule has 0 aromatic heterocycles. The summed E-state index contributed by atoms with van der Waals surface area (Å²) in [6, 6.07) is 10.4. The van der Waals surface area contributed by atoms with E-state index in [0.29, 0.717) is 33.9 Å². The minimum absolute atomic E-state index is 0.151. The summed E-state index contributed by atoms with van der Waals surface area (Å²) in [4.78, 5) is 24.6. The fourth-order valence-corrected chi connectivity index (χ4v) is 2.93. The van der Waals surface area contributed by atoms with Crippen molar-refractivity contribution in [3.63, 3.8) is 0 Å². The highest BCUT2D eigenvalue weighted by Crippen LogP contribution is 2.35. The van der Waals surface area contributed by atoms with Crippen LogP contribution in [-0.4, -0.2) is 18.5 Å². The van der Waals surface area contributed by atoms with Crippen molar-refractivity contribution in [1.29, 1.82) is 0 Å². The molecule has 0 fully saturated rings. The third-order valence-corrected chi connectivity index (χ3v) is 4.19. The summed E-state index contributed by atoms with van der Waals surface area (Å²) in [5, 5.41) is 2.75. The molecular formula is C17H10BrNO4. The zero-order chi connectivity index (χ0) is 16.0. The van der Waals surface area contributed by atoms with Crippen LogP contribution in [0.1, 0.15) is 15.9 Å². The largest absolute Gasteiger partial charge is 0.454 e. The minimum Gasteiger partial charge on any atom is -0.454 e. The summed E-state index contributed by atoms with van der Waals surface area (Å²) >= 11 is 3.38. The highest BCUT2D eigenvalue weighted by Gasteiger charge is 2.25. The Morgan fingerprint density at radius 3 is 2.83 bits per heavy atom. The second-order valence-corrected chi connectivity index (χ2v) is 6.05. The molecule has 0 saturated heterocycles. The lowest BCUT2D eigenvalue weighted by Crippen LogP contribution is -2.06. The van der Waals surface area contributed by atoms with Gasteiger partial charge in [0.05, 0.1) is 5.57 Å². The van der Waals surface area contributed by atoms with Gasteiger partial charge in [-0.3, -0.25) is 9.59 Å². The lowest BCUT2D eigenvalue weighted by atomic mass is 10.0. The van der Waals surface area contributed by atoms with Crippen LogP contribution in [0.3, 0.4) is 0 Å². The molecule has 0 radical (unpaired) electrons. The fraction of sp³-hybridized carbons (Fsp3) is 0.0588. The van der Waals surface area contributed by atoms with Crippen molar-refractivity contribution in [1.82, 2.24) is 0 Å². The first-order valence-corrected chi connectivity index (χ1v) is 7.68. The first-order chi connectivity index (χ1) is 11.1. The van der Waals surface area contributed by atoms with Gasteiger partial charge >= 0.3 is 0 Å². The second-order valence-electron chi connectivity index (χ2n) is 5.13. The van der Waals surface area contributed by atoms with E-state index >= 15 is 0 Å². The number of hydrogen-bond acceptors (Lipinski definition) is 4. The smallest absolute Gasteiger partial charge is 0.256 e. The number of allylic oxidation sites excluding steroid dienone is 1. The number of amides is 1. The van der Waals surface area contributed by atoms with Gasteiger partial charge in [-0.1, -0.05) is 15.9 Å². The van der Waals surface area contributed by atoms with Crippen molar-refractivity contribution in [2.45, 2.75) is 0 Å². The predicted molar refractivity (Wildman–Crippen MR) is 87.6 cm³/mol. The summed E-state index contributed by atoms with van der Waals surface area (Å²) in [7, 11) is 0. The van der Waals surface area contributed by atoms with E-state index in [1.54, 1.807) is 24.3 Å². The number of benzene rings is 2. The number of nitrogens with one attached hydrogen (secondary N) is 1. The SMILES string of the molecule is O=C1Nc2ccc(Br)cc2/C1=C\C(=O)c1ccc2c(c1)OCO2. The van der Waals surface area contributed by atoms with Gasteiger partial charge in [0.25, 0.3) is 5.91 Å². The zero-order valence-corrected chi connectivity index (χ0v) is 13.3. The van der Waals surface area contributed by atoms with E-state index in [1.165, 1.54) is 6.08 Å². The maximum atomic E-state index is 12.5. The highest BCUT2D eigenvalue weighted by atomic mass is 79.9. The number of anilines is 1. The molecule has 0 unspecified atom stereocenters. The van der Waals surface area contributed by atoms with Gasteiger partial charge in [0.1, 0.15) is 0 Å². The van der Waals surface area contributed by atoms with Crippen LogP contribution in [0.15, 0.2) is 46.9 Å². The Labute approximate surface area is 140 Å². The second kappa shape index (κ2) is 5.24. The molecule has 1 N–H and O–H groups in total. The Morgan fingerprint density at radius 2 is 1.96 bits per heavy atom. The summed E-state index contributed by atoms with van der Waals surface area (Å²) in [5.41, 5.74) is 2.20. The number of ether oxygens (including phenoxy) is 2. The molecule has 2 heterocycles.